The molecule has 1 aromatic rings. The minimum atomic E-state index is -3.96. The third-order valence-corrected chi connectivity index (χ3v) is 3.21. The number of azo groups is 1. The van der Waals surface area contributed by atoms with Gasteiger partial charge < -0.3 is 11.5 Å². The van der Waals surface area contributed by atoms with E-state index in [-0.39, 0.29) is 10.6 Å². The van der Waals surface area contributed by atoms with Crippen LogP contribution in [0.2, 0.25) is 0 Å². The number of hydrogen-bond donors (Lipinski definition) is 2. The molecular weight excluding hydrogens is 282 g/mol. The van der Waals surface area contributed by atoms with E-state index in [0.717, 1.165) is 0 Å². The molecule has 0 unspecified atom stereocenters. The van der Waals surface area contributed by atoms with E-state index in [9.17, 15) is 8.42 Å². The topological polar surface area (TPSA) is 171 Å². The Balaban J connectivity index is 3.00. The molecule has 0 aromatic heterocycles. The van der Waals surface area contributed by atoms with E-state index in [1.165, 1.54) is 24.3 Å². The SMILES string of the molecule is N#CC(C#N)N=Nc1ccc(S(=O)(=O)N=C(N)N)cc1. The first kappa shape index (κ1) is 15.1. The third kappa shape index (κ3) is 4.04. The van der Waals surface area contributed by atoms with Crippen LogP contribution in [0.25, 0.3) is 0 Å². The van der Waals surface area contributed by atoms with Crippen molar-refractivity contribution in [2.24, 2.45) is 26.1 Å². The van der Waals surface area contributed by atoms with Gasteiger partial charge in [-0.05, 0) is 24.3 Å². The van der Waals surface area contributed by atoms with Crippen molar-refractivity contribution in [1.82, 2.24) is 0 Å². The van der Waals surface area contributed by atoms with Gasteiger partial charge in [-0.1, -0.05) is 0 Å². The fraction of sp³-hybridized carbons (Fsp3) is 0.100. The van der Waals surface area contributed by atoms with Crippen LogP contribution in [0.5, 0.6) is 0 Å². The molecule has 0 atom stereocenters. The van der Waals surface area contributed by atoms with Gasteiger partial charge in [0.05, 0.1) is 10.6 Å². The number of benzene rings is 1. The smallest absolute Gasteiger partial charge is 0.285 e. The highest BCUT2D eigenvalue weighted by Crippen LogP contribution is 2.18. The van der Waals surface area contributed by atoms with Crippen molar-refractivity contribution in [1.29, 1.82) is 10.5 Å². The first-order chi connectivity index (χ1) is 9.39. The van der Waals surface area contributed by atoms with E-state index < -0.39 is 22.0 Å². The molecule has 20 heavy (non-hydrogen) atoms. The third-order valence-electron chi connectivity index (χ3n) is 1.89. The number of sulfonamides is 1. The number of hydrogen-bond acceptors (Lipinski definition) is 6. The predicted molar refractivity (Wildman–Crippen MR) is 69.0 cm³/mol. The quantitative estimate of drug-likeness (QED) is 0.454. The number of nitriles is 2. The lowest BCUT2D eigenvalue weighted by Gasteiger charge is -1.99. The van der Waals surface area contributed by atoms with Crippen LogP contribution in [-0.4, -0.2) is 20.4 Å². The van der Waals surface area contributed by atoms with E-state index in [0.29, 0.717) is 0 Å². The first-order valence-electron chi connectivity index (χ1n) is 5.05. The van der Waals surface area contributed by atoms with Crippen molar-refractivity contribution in [2.75, 3.05) is 0 Å². The monoisotopic (exact) mass is 291 g/mol. The maximum atomic E-state index is 11.6. The zero-order chi connectivity index (χ0) is 15.2. The van der Waals surface area contributed by atoms with E-state index in [1.807, 2.05) is 0 Å². The summed E-state index contributed by atoms with van der Waals surface area (Å²) < 4.78 is 26.4. The van der Waals surface area contributed by atoms with Crippen molar-refractivity contribution >= 4 is 21.7 Å². The summed E-state index contributed by atoms with van der Waals surface area (Å²) in [4.78, 5) is -0.123. The predicted octanol–water partition coefficient (Wildman–Crippen LogP) is 0.148. The minimum Gasteiger partial charge on any atom is -0.369 e. The molecule has 1 aromatic carbocycles. The van der Waals surface area contributed by atoms with Crippen LogP contribution < -0.4 is 11.5 Å². The Kier molecular flexibility index (Phi) is 4.72. The minimum absolute atomic E-state index is 0.123. The summed E-state index contributed by atoms with van der Waals surface area (Å²) in [6.07, 6.45) is 0. The lowest BCUT2D eigenvalue weighted by atomic mass is 10.3. The van der Waals surface area contributed by atoms with Crippen LogP contribution >= 0.6 is 0 Å². The molecule has 0 radical (unpaired) electrons. The molecule has 1 rings (SSSR count). The van der Waals surface area contributed by atoms with Crippen LogP contribution in [-0.2, 0) is 10.0 Å². The number of rotatable bonds is 4. The van der Waals surface area contributed by atoms with Crippen LogP contribution in [0.3, 0.4) is 0 Å². The highest BCUT2D eigenvalue weighted by atomic mass is 32.2. The zero-order valence-corrected chi connectivity index (χ0v) is 10.8. The van der Waals surface area contributed by atoms with E-state index in [4.69, 9.17) is 22.0 Å². The van der Waals surface area contributed by atoms with Gasteiger partial charge in [-0.2, -0.15) is 29.2 Å². The average Bonchev–Trinajstić information content (AvgIpc) is 2.39. The number of nitrogens with two attached hydrogens (primary N) is 2. The number of nitrogens with zero attached hydrogens (tertiary/aromatic N) is 5. The standard InChI is InChI=1S/C10H9N7O2S/c11-5-8(6-12)16-15-7-1-3-9(4-2-7)20(18,19)17-10(13)14/h1-4,8H,(H4,13,14,17). The van der Waals surface area contributed by atoms with Crippen molar-refractivity contribution < 1.29 is 8.42 Å². The summed E-state index contributed by atoms with van der Waals surface area (Å²) in [7, 11) is -3.96. The van der Waals surface area contributed by atoms with Gasteiger partial charge >= 0.3 is 0 Å². The van der Waals surface area contributed by atoms with Gasteiger partial charge in [0.1, 0.15) is 12.1 Å². The van der Waals surface area contributed by atoms with Gasteiger partial charge in [0.15, 0.2) is 0 Å². The molecule has 0 aliphatic heterocycles. The summed E-state index contributed by atoms with van der Waals surface area (Å²) in [5, 5.41) is 24.1. The first-order valence-corrected chi connectivity index (χ1v) is 6.49. The van der Waals surface area contributed by atoms with Gasteiger partial charge in [0, 0.05) is 0 Å². The Morgan fingerprint density at radius 2 is 1.70 bits per heavy atom. The van der Waals surface area contributed by atoms with Gasteiger partial charge in [-0.15, -0.1) is 4.40 Å². The van der Waals surface area contributed by atoms with Gasteiger partial charge in [-0.25, -0.2) is 0 Å². The average molecular weight is 291 g/mol. The Morgan fingerprint density at radius 3 is 2.15 bits per heavy atom. The van der Waals surface area contributed by atoms with Crippen LogP contribution in [0.1, 0.15) is 0 Å². The molecule has 102 valence electrons. The summed E-state index contributed by atoms with van der Waals surface area (Å²) in [6, 6.07) is 7.15. The van der Waals surface area contributed by atoms with Crippen LogP contribution in [0.15, 0.2) is 43.8 Å². The summed E-state index contributed by atoms with van der Waals surface area (Å²) >= 11 is 0. The van der Waals surface area contributed by atoms with Gasteiger partial charge in [-0.3, -0.25) is 0 Å². The lowest BCUT2D eigenvalue weighted by Crippen LogP contribution is -2.24. The summed E-state index contributed by atoms with van der Waals surface area (Å²) in [5.74, 6) is -0.570. The summed E-state index contributed by atoms with van der Waals surface area (Å²) in [5.41, 5.74) is 10.3. The van der Waals surface area contributed by atoms with E-state index in [2.05, 4.69) is 14.6 Å². The molecule has 0 saturated carbocycles. The largest absolute Gasteiger partial charge is 0.369 e. The highest BCUT2D eigenvalue weighted by molar-refractivity contribution is 7.90. The molecule has 0 aliphatic carbocycles. The fourth-order valence-corrected chi connectivity index (χ4v) is 1.94. The normalized spacial score (nSPS) is 10.9. The zero-order valence-electron chi connectivity index (χ0n) is 10.0. The van der Waals surface area contributed by atoms with E-state index >= 15 is 0 Å². The lowest BCUT2D eigenvalue weighted by molar-refractivity contribution is 0.598. The molecule has 0 fully saturated rings. The Hall–Kier alpha value is -2.98. The molecule has 4 N–H and O–H groups in total. The second kappa shape index (κ2) is 6.26. The second-order valence-electron chi connectivity index (χ2n) is 3.36. The molecule has 9 nitrogen and oxygen atoms in total. The van der Waals surface area contributed by atoms with Crippen molar-refractivity contribution in [3.63, 3.8) is 0 Å². The molecule has 0 bridgehead atoms. The van der Waals surface area contributed by atoms with Crippen molar-refractivity contribution in [3.05, 3.63) is 24.3 Å². The molecular formula is C10H9N7O2S. The van der Waals surface area contributed by atoms with Crippen molar-refractivity contribution in [3.8, 4) is 12.1 Å². The fourth-order valence-electron chi connectivity index (χ4n) is 1.08. The van der Waals surface area contributed by atoms with Crippen molar-refractivity contribution in [2.45, 2.75) is 10.9 Å². The molecule has 0 saturated heterocycles. The van der Waals surface area contributed by atoms with Crippen LogP contribution in [0, 0.1) is 22.7 Å². The van der Waals surface area contributed by atoms with Gasteiger partial charge in [0.2, 0.25) is 12.0 Å². The maximum absolute atomic E-state index is 11.6. The van der Waals surface area contributed by atoms with Crippen LogP contribution in [0.4, 0.5) is 5.69 Å². The molecule has 0 amide bonds. The van der Waals surface area contributed by atoms with E-state index in [1.54, 1.807) is 12.1 Å². The Labute approximate surface area is 114 Å². The molecule has 10 heteroatoms. The molecule has 0 heterocycles. The Morgan fingerprint density at radius 1 is 1.15 bits per heavy atom. The number of guanidine groups is 1. The highest BCUT2D eigenvalue weighted by Gasteiger charge is 2.12. The second-order valence-corrected chi connectivity index (χ2v) is 4.97. The maximum Gasteiger partial charge on any atom is 0.285 e. The molecule has 0 spiro atoms. The van der Waals surface area contributed by atoms with Gasteiger partial charge in [0.25, 0.3) is 10.0 Å². The molecule has 0 aliphatic rings. The Bertz CT molecular complexity index is 704. The summed E-state index contributed by atoms with van der Waals surface area (Å²) in [6.45, 7) is 0.